The van der Waals surface area contributed by atoms with Gasteiger partial charge in [-0.3, -0.25) is 0 Å². The molecule has 0 spiro atoms. The van der Waals surface area contributed by atoms with Crippen molar-refractivity contribution < 1.29 is 14.3 Å². The second-order valence-corrected chi connectivity index (χ2v) is 3.19. The lowest BCUT2D eigenvalue weighted by Crippen LogP contribution is -1.97. The average molecular weight is 204 g/mol. The fourth-order valence-electron chi connectivity index (χ4n) is 1.31. The molecule has 0 aliphatic heterocycles. The Bertz CT molecular complexity index is 407. The van der Waals surface area contributed by atoms with Crippen molar-refractivity contribution in [1.82, 2.24) is 0 Å². The Balaban J connectivity index is 2.04. The molecule has 3 heteroatoms. The molecule has 15 heavy (non-hydrogen) atoms. The molecule has 0 saturated heterocycles. The van der Waals surface area contributed by atoms with Crippen LogP contribution in [0.3, 0.4) is 0 Å². The Hall–Kier alpha value is -1.74. The Kier molecular flexibility index (Phi) is 3.05. The minimum Gasteiger partial charge on any atom is -0.488 e. The summed E-state index contributed by atoms with van der Waals surface area (Å²) in [5, 5.41) is 9.08. The summed E-state index contributed by atoms with van der Waals surface area (Å²) in [7, 11) is 0. The predicted molar refractivity (Wildman–Crippen MR) is 55.4 cm³/mol. The molecule has 0 aliphatic carbocycles. The average Bonchev–Trinajstić information content (AvgIpc) is 2.79. The van der Waals surface area contributed by atoms with Crippen LogP contribution < -0.4 is 4.74 Å². The maximum Gasteiger partial charge on any atom is 0.125 e. The number of ether oxygens (including phenoxy) is 1. The van der Waals surface area contributed by atoms with E-state index >= 15 is 0 Å². The molecule has 0 fully saturated rings. The van der Waals surface area contributed by atoms with E-state index in [0.717, 1.165) is 11.1 Å². The van der Waals surface area contributed by atoms with Gasteiger partial charge in [0.25, 0.3) is 0 Å². The highest BCUT2D eigenvalue weighted by Gasteiger charge is 2.02. The number of para-hydroxylation sites is 1. The van der Waals surface area contributed by atoms with Gasteiger partial charge >= 0.3 is 0 Å². The Labute approximate surface area is 87.9 Å². The molecule has 0 saturated carbocycles. The zero-order valence-electron chi connectivity index (χ0n) is 8.22. The first-order chi connectivity index (χ1) is 7.40. The van der Waals surface area contributed by atoms with Gasteiger partial charge in [-0.05, 0) is 12.1 Å². The van der Waals surface area contributed by atoms with E-state index < -0.39 is 0 Å². The molecule has 0 amide bonds. The first kappa shape index (κ1) is 9.80. The highest BCUT2D eigenvalue weighted by molar-refractivity contribution is 5.32. The van der Waals surface area contributed by atoms with E-state index in [1.807, 2.05) is 30.3 Å². The molecular weight excluding hydrogens is 192 g/mol. The van der Waals surface area contributed by atoms with Gasteiger partial charge in [-0.2, -0.15) is 0 Å². The lowest BCUT2D eigenvalue weighted by Gasteiger charge is -2.08. The molecule has 0 unspecified atom stereocenters. The lowest BCUT2D eigenvalue weighted by atomic mass is 10.2. The van der Waals surface area contributed by atoms with Gasteiger partial charge in [-0.15, -0.1) is 0 Å². The SMILES string of the molecule is OCc1ccccc1OCc1ccoc1. The topological polar surface area (TPSA) is 42.6 Å². The summed E-state index contributed by atoms with van der Waals surface area (Å²) in [6.07, 6.45) is 3.25. The van der Waals surface area contributed by atoms with Crippen molar-refractivity contribution >= 4 is 0 Å². The van der Waals surface area contributed by atoms with Crippen molar-refractivity contribution in [2.75, 3.05) is 0 Å². The molecule has 0 atom stereocenters. The van der Waals surface area contributed by atoms with Crippen molar-refractivity contribution in [3.05, 3.63) is 54.0 Å². The smallest absolute Gasteiger partial charge is 0.125 e. The highest BCUT2D eigenvalue weighted by atomic mass is 16.5. The molecule has 1 N–H and O–H groups in total. The number of furan rings is 1. The molecule has 1 heterocycles. The first-order valence-electron chi connectivity index (χ1n) is 4.73. The van der Waals surface area contributed by atoms with Crippen LogP contribution in [0.25, 0.3) is 0 Å². The maximum absolute atomic E-state index is 9.08. The molecule has 3 nitrogen and oxygen atoms in total. The molecule has 0 radical (unpaired) electrons. The van der Waals surface area contributed by atoms with E-state index in [0.29, 0.717) is 12.4 Å². The molecule has 1 aromatic carbocycles. The van der Waals surface area contributed by atoms with Gasteiger partial charge in [0.15, 0.2) is 0 Å². The third-order valence-corrected chi connectivity index (χ3v) is 2.12. The first-order valence-corrected chi connectivity index (χ1v) is 4.73. The summed E-state index contributed by atoms with van der Waals surface area (Å²) in [4.78, 5) is 0. The van der Waals surface area contributed by atoms with Crippen LogP contribution in [0.15, 0.2) is 47.3 Å². The van der Waals surface area contributed by atoms with Gasteiger partial charge in [-0.1, -0.05) is 18.2 Å². The minimum atomic E-state index is -0.0123. The van der Waals surface area contributed by atoms with Crippen molar-refractivity contribution in [2.45, 2.75) is 13.2 Å². The van der Waals surface area contributed by atoms with E-state index in [9.17, 15) is 0 Å². The van der Waals surface area contributed by atoms with Crippen LogP contribution in [-0.2, 0) is 13.2 Å². The molecule has 2 rings (SSSR count). The molecule has 2 aromatic rings. The van der Waals surface area contributed by atoms with Gasteiger partial charge < -0.3 is 14.3 Å². The summed E-state index contributed by atoms with van der Waals surface area (Å²) >= 11 is 0. The zero-order valence-corrected chi connectivity index (χ0v) is 8.22. The van der Waals surface area contributed by atoms with Crippen LogP contribution in [0.4, 0.5) is 0 Å². The van der Waals surface area contributed by atoms with Gasteiger partial charge in [0.2, 0.25) is 0 Å². The Morgan fingerprint density at radius 1 is 1.20 bits per heavy atom. The largest absolute Gasteiger partial charge is 0.488 e. The van der Waals surface area contributed by atoms with Crippen LogP contribution in [0, 0.1) is 0 Å². The third kappa shape index (κ3) is 2.39. The van der Waals surface area contributed by atoms with Crippen LogP contribution in [-0.4, -0.2) is 5.11 Å². The number of aliphatic hydroxyl groups excluding tert-OH is 1. The van der Waals surface area contributed by atoms with Crippen LogP contribution in [0.2, 0.25) is 0 Å². The van der Waals surface area contributed by atoms with Gasteiger partial charge in [0.1, 0.15) is 12.4 Å². The molecular formula is C12H12O3. The second kappa shape index (κ2) is 4.66. The van der Waals surface area contributed by atoms with Crippen molar-refractivity contribution in [2.24, 2.45) is 0 Å². The van der Waals surface area contributed by atoms with E-state index in [4.69, 9.17) is 14.3 Å². The lowest BCUT2D eigenvalue weighted by molar-refractivity contribution is 0.258. The Morgan fingerprint density at radius 2 is 2.07 bits per heavy atom. The van der Waals surface area contributed by atoms with E-state index in [1.165, 1.54) is 0 Å². The number of benzene rings is 1. The fourth-order valence-corrected chi connectivity index (χ4v) is 1.31. The summed E-state index contributed by atoms with van der Waals surface area (Å²) < 4.78 is 10.5. The molecule has 78 valence electrons. The normalized spacial score (nSPS) is 10.2. The monoisotopic (exact) mass is 204 g/mol. The van der Waals surface area contributed by atoms with Gasteiger partial charge in [-0.25, -0.2) is 0 Å². The third-order valence-electron chi connectivity index (χ3n) is 2.12. The highest BCUT2D eigenvalue weighted by Crippen LogP contribution is 2.19. The zero-order chi connectivity index (χ0) is 10.5. The fraction of sp³-hybridized carbons (Fsp3) is 0.167. The van der Waals surface area contributed by atoms with Crippen LogP contribution in [0.5, 0.6) is 5.75 Å². The molecule has 0 bridgehead atoms. The number of hydrogen-bond acceptors (Lipinski definition) is 3. The number of aliphatic hydroxyl groups is 1. The summed E-state index contributed by atoms with van der Waals surface area (Å²) in [5.41, 5.74) is 1.77. The maximum atomic E-state index is 9.08. The van der Waals surface area contributed by atoms with E-state index in [1.54, 1.807) is 12.5 Å². The van der Waals surface area contributed by atoms with Gasteiger partial charge in [0.05, 0.1) is 19.1 Å². The minimum absolute atomic E-state index is 0.0123. The van der Waals surface area contributed by atoms with Gasteiger partial charge in [0, 0.05) is 11.1 Å². The number of rotatable bonds is 4. The summed E-state index contributed by atoms with van der Waals surface area (Å²) in [6, 6.07) is 9.28. The molecule has 0 aliphatic rings. The van der Waals surface area contributed by atoms with E-state index in [-0.39, 0.29) is 6.61 Å². The number of hydrogen-bond donors (Lipinski definition) is 1. The molecule has 1 aromatic heterocycles. The van der Waals surface area contributed by atoms with Crippen molar-refractivity contribution in [3.63, 3.8) is 0 Å². The predicted octanol–water partition coefficient (Wildman–Crippen LogP) is 2.35. The summed E-state index contributed by atoms with van der Waals surface area (Å²) in [5.74, 6) is 0.709. The van der Waals surface area contributed by atoms with Crippen molar-refractivity contribution in [3.8, 4) is 5.75 Å². The van der Waals surface area contributed by atoms with E-state index in [2.05, 4.69) is 0 Å². The summed E-state index contributed by atoms with van der Waals surface area (Å²) in [6.45, 7) is 0.440. The van der Waals surface area contributed by atoms with Crippen molar-refractivity contribution in [1.29, 1.82) is 0 Å². The Morgan fingerprint density at radius 3 is 2.80 bits per heavy atom. The quantitative estimate of drug-likeness (QED) is 0.831. The standard InChI is InChI=1S/C12H12O3/c13-7-11-3-1-2-4-12(11)15-9-10-5-6-14-8-10/h1-6,8,13H,7,9H2. The second-order valence-electron chi connectivity index (χ2n) is 3.19. The van der Waals surface area contributed by atoms with Crippen LogP contribution in [0.1, 0.15) is 11.1 Å². The van der Waals surface area contributed by atoms with Crippen LogP contribution >= 0.6 is 0 Å².